The van der Waals surface area contributed by atoms with Crippen molar-refractivity contribution < 1.29 is 9.18 Å². The Morgan fingerprint density at radius 2 is 2.16 bits per heavy atom. The molecule has 1 aromatic carbocycles. The first-order valence-electron chi connectivity index (χ1n) is 6.10. The van der Waals surface area contributed by atoms with E-state index in [2.05, 4.69) is 15.6 Å². The minimum atomic E-state index is -0.406. The van der Waals surface area contributed by atoms with Gasteiger partial charge in [0.1, 0.15) is 11.5 Å². The Morgan fingerprint density at radius 3 is 2.84 bits per heavy atom. The second kappa shape index (κ2) is 5.60. The average Bonchev–Trinajstić information content (AvgIpc) is 2.78. The molecular formula is C13H15FN4O. The van der Waals surface area contributed by atoms with Crippen LogP contribution in [0.15, 0.2) is 24.3 Å². The molecule has 1 N–H and O–H groups in total. The van der Waals surface area contributed by atoms with Gasteiger partial charge >= 0.3 is 0 Å². The zero-order valence-electron chi connectivity index (χ0n) is 10.9. The Morgan fingerprint density at radius 1 is 1.42 bits per heavy atom. The fourth-order valence-corrected chi connectivity index (χ4v) is 1.71. The minimum absolute atomic E-state index is 0.219. The van der Waals surface area contributed by atoms with Gasteiger partial charge in [-0.2, -0.15) is 0 Å². The van der Waals surface area contributed by atoms with Crippen LogP contribution in [0.2, 0.25) is 0 Å². The summed E-state index contributed by atoms with van der Waals surface area (Å²) in [6.45, 7) is 4.22. The summed E-state index contributed by atoms with van der Waals surface area (Å²) in [4.78, 5) is 11.8. The van der Waals surface area contributed by atoms with Crippen molar-refractivity contribution >= 4 is 5.91 Å². The standard InChI is InChI=1S/C13H15FN4O/c1-3-8-15-13(19)12-9(2)18(17-16-12)11-7-5-4-6-10(11)14/h4-7H,3,8H2,1-2H3,(H,15,19). The van der Waals surface area contributed by atoms with Crippen LogP contribution in [0.5, 0.6) is 0 Å². The highest BCUT2D eigenvalue weighted by molar-refractivity contribution is 5.93. The number of carbonyl (C=O) groups is 1. The number of aromatic nitrogens is 3. The summed E-state index contributed by atoms with van der Waals surface area (Å²) in [5, 5.41) is 10.4. The van der Waals surface area contributed by atoms with E-state index in [1.165, 1.54) is 10.7 Å². The van der Waals surface area contributed by atoms with Gasteiger partial charge in [0.05, 0.1) is 5.69 Å². The number of hydrogen-bond donors (Lipinski definition) is 1. The van der Waals surface area contributed by atoms with Gasteiger partial charge in [0, 0.05) is 6.54 Å². The van der Waals surface area contributed by atoms with Crippen molar-refractivity contribution in [3.63, 3.8) is 0 Å². The van der Waals surface area contributed by atoms with E-state index in [1.54, 1.807) is 25.1 Å². The van der Waals surface area contributed by atoms with Gasteiger partial charge in [-0.1, -0.05) is 24.3 Å². The van der Waals surface area contributed by atoms with Gasteiger partial charge in [-0.15, -0.1) is 5.10 Å². The molecule has 5 nitrogen and oxygen atoms in total. The fourth-order valence-electron chi connectivity index (χ4n) is 1.71. The summed E-state index contributed by atoms with van der Waals surface area (Å²) in [6, 6.07) is 6.23. The number of benzene rings is 1. The van der Waals surface area contributed by atoms with E-state index in [1.807, 2.05) is 6.92 Å². The van der Waals surface area contributed by atoms with Gasteiger partial charge in [-0.3, -0.25) is 4.79 Å². The monoisotopic (exact) mass is 262 g/mol. The van der Waals surface area contributed by atoms with Crippen LogP contribution in [0.25, 0.3) is 5.69 Å². The van der Waals surface area contributed by atoms with Gasteiger partial charge in [0.15, 0.2) is 5.69 Å². The van der Waals surface area contributed by atoms with Crippen LogP contribution < -0.4 is 5.32 Å². The lowest BCUT2D eigenvalue weighted by Gasteiger charge is -2.05. The SMILES string of the molecule is CCCNC(=O)c1nnn(-c2ccccc2F)c1C. The lowest BCUT2D eigenvalue weighted by atomic mass is 10.2. The molecule has 1 heterocycles. The normalized spacial score (nSPS) is 10.5. The van der Waals surface area contributed by atoms with Crippen molar-refractivity contribution in [1.29, 1.82) is 0 Å². The molecule has 2 rings (SSSR count). The first kappa shape index (κ1) is 13.2. The van der Waals surface area contributed by atoms with E-state index in [0.717, 1.165) is 6.42 Å². The second-order valence-electron chi connectivity index (χ2n) is 4.14. The van der Waals surface area contributed by atoms with E-state index >= 15 is 0 Å². The summed E-state index contributed by atoms with van der Waals surface area (Å²) in [5.74, 6) is -0.696. The Hall–Kier alpha value is -2.24. The third-order valence-corrected chi connectivity index (χ3v) is 2.73. The van der Waals surface area contributed by atoms with Crippen molar-refractivity contribution in [3.8, 4) is 5.69 Å². The maximum atomic E-state index is 13.7. The highest BCUT2D eigenvalue weighted by atomic mass is 19.1. The van der Waals surface area contributed by atoms with Crippen LogP contribution in [-0.2, 0) is 0 Å². The van der Waals surface area contributed by atoms with Crippen LogP contribution >= 0.6 is 0 Å². The van der Waals surface area contributed by atoms with Crippen LogP contribution in [0.3, 0.4) is 0 Å². The van der Waals surface area contributed by atoms with E-state index in [4.69, 9.17) is 0 Å². The topological polar surface area (TPSA) is 59.8 Å². The molecular weight excluding hydrogens is 247 g/mol. The van der Waals surface area contributed by atoms with Gasteiger partial charge < -0.3 is 5.32 Å². The quantitative estimate of drug-likeness (QED) is 0.914. The predicted molar refractivity (Wildman–Crippen MR) is 68.7 cm³/mol. The second-order valence-corrected chi connectivity index (χ2v) is 4.14. The highest BCUT2D eigenvalue weighted by Crippen LogP contribution is 2.15. The number of rotatable bonds is 4. The molecule has 0 aliphatic rings. The van der Waals surface area contributed by atoms with Crippen LogP contribution in [0.4, 0.5) is 4.39 Å². The Kier molecular flexibility index (Phi) is 3.89. The smallest absolute Gasteiger partial charge is 0.273 e. The molecule has 100 valence electrons. The summed E-state index contributed by atoms with van der Waals surface area (Å²) >= 11 is 0. The molecule has 1 amide bonds. The molecule has 0 aliphatic carbocycles. The molecule has 0 spiro atoms. The number of halogens is 1. The van der Waals surface area contributed by atoms with Crippen molar-refractivity contribution in [2.75, 3.05) is 6.54 Å². The van der Waals surface area contributed by atoms with Crippen LogP contribution in [-0.4, -0.2) is 27.4 Å². The van der Waals surface area contributed by atoms with Gasteiger partial charge in [0.2, 0.25) is 0 Å². The number of nitrogens with zero attached hydrogens (tertiary/aromatic N) is 3. The van der Waals surface area contributed by atoms with Gasteiger partial charge in [-0.25, -0.2) is 9.07 Å². The summed E-state index contributed by atoms with van der Waals surface area (Å²) in [5.41, 5.74) is 1.01. The first-order chi connectivity index (χ1) is 9.15. The van der Waals surface area contributed by atoms with Crippen LogP contribution in [0.1, 0.15) is 29.5 Å². The molecule has 0 fully saturated rings. The number of hydrogen-bond acceptors (Lipinski definition) is 3. The third kappa shape index (κ3) is 2.62. The number of amides is 1. The van der Waals surface area contributed by atoms with Crippen LogP contribution in [0, 0.1) is 12.7 Å². The molecule has 0 aliphatic heterocycles. The highest BCUT2D eigenvalue weighted by Gasteiger charge is 2.18. The average molecular weight is 262 g/mol. The van der Waals surface area contributed by atoms with E-state index < -0.39 is 5.82 Å². The molecule has 0 unspecified atom stereocenters. The lowest BCUT2D eigenvalue weighted by Crippen LogP contribution is -2.25. The predicted octanol–water partition coefficient (Wildman–Crippen LogP) is 1.85. The van der Waals surface area contributed by atoms with Crippen molar-refractivity contribution in [3.05, 3.63) is 41.5 Å². The molecule has 6 heteroatoms. The van der Waals surface area contributed by atoms with Gasteiger partial charge in [-0.05, 0) is 25.5 Å². The number of para-hydroxylation sites is 1. The number of carbonyl (C=O) groups excluding carboxylic acids is 1. The number of nitrogens with one attached hydrogen (secondary N) is 1. The molecule has 0 atom stereocenters. The van der Waals surface area contributed by atoms with E-state index in [9.17, 15) is 9.18 Å². The van der Waals surface area contributed by atoms with E-state index in [-0.39, 0.29) is 17.3 Å². The molecule has 1 aromatic heterocycles. The summed E-state index contributed by atoms with van der Waals surface area (Å²) < 4.78 is 15.0. The lowest BCUT2D eigenvalue weighted by molar-refractivity contribution is 0.0948. The molecule has 0 saturated heterocycles. The van der Waals surface area contributed by atoms with Crippen molar-refractivity contribution in [1.82, 2.24) is 20.3 Å². The summed E-state index contributed by atoms with van der Waals surface area (Å²) in [7, 11) is 0. The van der Waals surface area contributed by atoms with Crippen molar-refractivity contribution in [2.24, 2.45) is 0 Å². The first-order valence-corrected chi connectivity index (χ1v) is 6.10. The minimum Gasteiger partial charge on any atom is -0.351 e. The van der Waals surface area contributed by atoms with E-state index in [0.29, 0.717) is 12.2 Å². The molecule has 19 heavy (non-hydrogen) atoms. The maximum Gasteiger partial charge on any atom is 0.273 e. The molecule has 2 aromatic rings. The molecule has 0 saturated carbocycles. The summed E-state index contributed by atoms with van der Waals surface area (Å²) in [6.07, 6.45) is 0.840. The zero-order chi connectivity index (χ0) is 13.8. The Bertz CT molecular complexity index is 594. The Labute approximate surface area is 110 Å². The maximum absolute atomic E-state index is 13.7. The molecule has 0 radical (unpaired) electrons. The van der Waals surface area contributed by atoms with Gasteiger partial charge in [0.25, 0.3) is 5.91 Å². The Balaban J connectivity index is 2.33. The fraction of sp³-hybridized carbons (Fsp3) is 0.308. The largest absolute Gasteiger partial charge is 0.351 e. The zero-order valence-corrected chi connectivity index (χ0v) is 10.9. The van der Waals surface area contributed by atoms with Crippen molar-refractivity contribution in [2.45, 2.75) is 20.3 Å². The third-order valence-electron chi connectivity index (χ3n) is 2.73. The molecule has 0 bridgehead atoms.